The standard InChI is InChI=1S/C22H24BBrF2O3/c1-21(2)22(3,4)29-23(28-21)20(26)17(18-14-15(24)10-11-19(18)25)12-13-27-16-8-6-5-7-9-16/h5-11,14H,12-13H2,1-4H3. The van der Waals surface area contributed by atoms with Crippen molar-refractivity contribution in [2.45, 2.75) is 45.3 Å². The van der Waals surface area contributed by atoms with Gasteiger partial charge in [0.25, 0.3) is 0 Å². The molecule has 0 aliphatic carbocycles. The minimum Gasteiger partial charge on any atom is -0.493 e. The number of ether oxygens (including phenoxy) is 1. The fraction of sp³-hybridized carbons (Fsp3) is 0.364. The number of hydrogen-bond acceptors (Lipinski definition) is 3. The third-order valence-electron chi connectivity index (χ3n) is 5.37. The van der Waals surface area contributed by atoms with Crippen molar-refractivity contribution in [3.63, 3.8) is 0 Å². The summed E-state index contributed by atoms with van der Waals surface area (Å²) in [6, 6.07) is 13.6. The van der Waals surface area contributed by atoms with Crippen molar-refractivity contribution in [1.29, 1.82) is 0 Å². The molecule has 0 amide bonds. The predicted octanol–water partition coefficient (Wildman–Crippen LogP) is 6.37. The van der Waals surface area contributed by atoms with Crippen LogP contribution in [0.25, 0.3) is 5.57 Å². The van der Waals surface area contributed by atoms with E-state index in [9.17, 15) is 4.39 Å². The van der Waals surface area contributed by atoms with Crippen molar-refractivity contribution in [2.75, 3.05) is 6.61 Å². The maximum absolute atomic E-state index is 15.6. The third-order valence-corrected chi connectivity index (χ3v) is 5.86. The van der Waals surface area contributed by atoms with Crippen LogP contribution in [-0.4, -0.2) is 24.9 Å². The zero-order valence-electron chi connectivity index (χ0n) is 17.0. The summed E-state index contributed by atoms with van der Waals surface area (Å²) >= 11 is 3.33. The first-order chi connectivity index (χ1) is 13.6. The van der Waals surface area contributed by atoms with Gasteiger partial charge >= 0.3 is 7.12 Å². The average Bonchev–Trinajstić information content (AvgIpc) is 2.89. The van der Waals surface area contributed by atoms with Crippen molar-refractivity contribution < 1.29 is 22.8 Å². The van der Waals surface area contributed by atoms with Gasteiger partial charge < -0.3 is 14.0 Å². The number of hydrogen-bond donors (Lipinski definition) is 0. The highest BCUT2D eigenvalue weighted by atomic mass is 79.9. The Balaban J connectivity index is 1.92. The van der Waals surface area contributed by atoms with E-state index in [1.165, 1.54) is 6.07 Å². The van der Waals surface area contributed by atoms with Gasteiger partial charge in [0, 0.05) is 16.5 Å². The molecule has 0 spiro atoms. The van der Waals surface area contributed by atoms with Crippen LogP contribution in [0.15, 0.2) is 58.7 Å². The summed E-state index contributed by atoms with van der Waals surface area (Å²) in [4.78, 5) is 0. The quantitative estimate of drug-likeness (QED) is 0.465. The van der Waals surface area contributed by atoms with E-state index in [4.69, 9.17) is 14.0 Å². The van der Waals surface area contributed by atoms with Crippen molar-refractivity contribution in [2.24, 2.45) is 0 Å². The monoisotopic (exact) mass is 464 g/mol. The van der Waals surface area contributed by atoms with Gasteiger partial charge in [-0.1, -0.05) is 34.1 Å². The summed E-state index contributed by atoms with van der Waals surface area (Å²) in [5, 5.41) is 0. The van der Waals surface area contributed by atoms with E-state index in [0.29, 0.717) is 10.2 Å². The van der Waals surface area contributed by atoms with Crippen LogP contribution < -0.4 is 4.74 Å². The second-order valence-electron chi connectivity index (χ2n) is 7.95. The van der Waals surface area contributed by atoms with Gasteiger partial charge in [-0.15, -0.1) is 0 Å². The summed E-state index contributed by atoms with van der Waals surface area (Å²) in [5.74, 6) is 0.146. The summed E-state index contributed by atoms with van der Waals surface area (Å²) < 4.78 is 48.2. The number of rotatable bonds is 6. The molecule has 2 aromatic rings. The van der Waals surface area contributed by atoms with E-state index in [2.05, 4.69) is 15.9 Å². The van der Waals surface area contributed by atoms with Gasteiger partial charge in [0.2, 0.25) is 0 Å². The van der Waals surface area contributed by atoms with E-state index in [1.807, 2.05) is 58.0 Å². The molecule has 0 aromatic heterocycles. The Bertz CT molecular complexity index is 884. The molecule has 1 aliphatic rings. The van der Waals surface area contributed by atoms with Crippen LogP contribution in [0.5, 0.6) is 5.75 Å². The maximum atomic E-state index is 15.6. The summed E-state index contributed by atoms with van der Waals surface area (Å²) in [7, 11) is -1.20. The van der Waals surface area contributed by atoms with Gasteiger partial charge in [0.1, 0.15) is 17.3 Å². The molecule has 1 heterocycles. The van der Waals surface area contributed by atoms with Crippen LogP contribution >= 0.6 is 15.9 Å². The Morgan fingerprint density at radius 1 is 1.03 bits per heavy atom. The Kier molecular flexibility index (Phi) is 6.51. The topological polar surface area (TPSA) is 27.7 Å². The van der Waals surface area contributed by atoms with Gasteiger partial charge in [-0.25, -0.2) is 8.78 Å². The lowest BCUT2D eigenvalue weighted by Crippen LogP contribution is -2.41. The van der Waals surface area contributed by atoms with Crippen LogP contribution in [0.3, 0.4) is 0 Å². The van der Waals surface area contributed by atoms with Crippen molar-refractivity contribution >= 4 is 28.6 Å². The number of benzene rings is 2. The minimum atomic E-state index is -1.20. The normalized spacial score (nSPS) is 18.5. The highest BCUT2D eigenvalue weighted by Crippen LogP contribution is 2.41. The number of halogens is 3. The Labute approximate surface area is 179 Å². The van der Waals surface area contributed by atoms with Crippen molar-refractivity contribution in [3.05, 3.63) is 70.1 Å². The minimum absolute atomic E-state index is 0.151. The van der Waals surface area contributed by atoms with Crippen molar-refractivity contribution in [1.82, 2.24) is 0 Å². The molecule has 1 saturated heterocycles. The first-order valence-corrected chi connectivity index (χ1v) is 10.3. The molecule has 0 saturated carbocycles. The molecule has 1 aliphatic heterocycles. The largest absolute Gasteiger partial charge is 0.525 e. The Morgan fingerprint density at radius 3 is 2.28 bits per heavy atom. The fourth-order valence-corrected chi connectivity index (χ4v) is 3.35. The van der Waals surface area contributed by atoms with E-state index in [1.54, 1.807) is 12.1 Å². The molecule has 0 N–H and O–H groups in total. The Morgan fingerprint density at radius 2 is 1.66 bits per heavy atom. The Hall–Kier alpha value is -1.70. The molecule has 1 fully saturated rings. The smallest absolute Gasteiger partial charge is 0.493 e. The van der Waals surface area contributed by atoms with E-state index in [0.717, 1.165) is 0 Å². The molecule has 0 atom stereocenters. The SMILES string of the molecule is CC1(C)OB(C(F)=C(CCOc2ccccc2)c2cc(Br)ccc2F)OC1(C)C. The molecule has 7 heteroatoms. The van der Waals surface area contributed by atoms with Gasteiger partial charge in [0.05, 0.1) is 17.8 Å². The molecule has 3 nitrogen and oxygen atoms in total. The van der Waals surface area contributed by atoms with Crippen LogP contribution in [0.4, 0.5) is 8.78 Å². The molecule has 154 valence electrons. The summed E-state index contributed by atoms with van der Waals surface area (Å²) in [6.45, 7) is 7.56. The van der Waals surface area contributed by atoms with E-state index in [-0.39, 0.29) is 24.2 Å². The van der Waals surface area contributed by atoms with Gasteiger partial charge in [0.15, 0.2) is 0 Å². The lowest BCUT2D eigenvalue weighted by Gasteiger charge is -2.32. The van der Waals surface area contributed by atoms with E-state index < -0.39 is 29.9 Å². The molecule has 0 unspecified atom stereocenters. The average molecular weight is 465 g/mol. The zero-order chi connectivity index (χ0) is 21.2. The molecule has 0 bridgehead atoms. The molecular weight excluding hydrogens is 441 g/mol. The fourth-order valence-electron chi connectivity index (χ4n) is 2.99. The lowest BCUT2D eigenvalue weighted by atomic mass is 9.81. The second-order valence-corrected chi connectivity index (χ2v) is 8.87. The molecule has 29 heavy (non-hydrogen) atoms. The molecule has 3 rings (SSSR count). The van der Waals surface area contributed by atoms with Crippen LogP contribution in [0, 0.1) is 5.82 Å². The number of para-hydroxylation sites is 1. The predicted molar refractivity (Wildman–Crippen MR) is 115 cm³/mol. The van der Waals surface area contributed by atoms with Gasteiger partial charge in [-0.05, 0) is 63.6 Å². The highest BCUT2D eigenvalue weighted by Gasteiger charge is 2.53. The van der Waals surface area contributed by atoms with Crippen molar-refractivity contribution in [3.8, 4) is 5.75 Å². The molecule has 2 aromatic carbocycles. The van der Waals surface area contributed by atoms with Crippen LogP contribution in [-0.2, 0) is 9.31 Å². The third kappa shape index (κ3) is 4.90. The van der Waals surface area contributed by atoms with Gasteiger partial charge in [-0.2, -0.15) is 0 Å². The second kappa shape index (κ2) is 8.58. The van der Waals surface area contributed by atoms with Crippen LogP contribution in [0.1, 0.15) is 39.7 Å². The summed E-state index contributed by atoms with van der Waals surface area (Å²) in [6.07, 6.45) is 0.151. The van der Waals surface area contributed by atoms with Gasteiger partial charge in [-0.3, -0.25) is 0 Å². The highest BCUT2D eigenvalue weighted by molar-refractivity contribution is 9.10. The van der Waals surface area contributed by atoms with Crippen LogP contribution in [0.2, 0.25) is 0 Å². The summed E-state index contributed by atoms with van der Waals surface area (Å²) in [5.41, 5.74) is -1.72. The van der Waals surface area contributed by atoms with E-state index >= 15 is 4.39 Å². The molecule has 0 radical (unpaired) electrons. The zero-order valence-corrected chi connectivity index (χ0v) is 18.6. The first-order valence-electron chi connectivity index (χ1n) is 9.48. The first kappa shape index (κ1) is 22.0. The maximum Gasteiger partial charge on any atom is 0.525 e. The lowest BCUT2D eigenvalue weighted by molar-refractivity contribution is 0.00578. The molecular formula is C22H24BBrF2O3.